The van der Waals surface area contributed by atoms with Crippen molar-refractivity contribution < 1.29 is 19.1 Å². The summed E-state index contributed by atoms with van der Waals surface area (Å²) in [5.74, 6) is -0.126. The average Bonchev–Trinajstić information content (AvgIpc) is 3.20. The van der Waals surface area contributed by atoms with Crippen LogP contribution in [0.15, 0.2) is 0 Å². The Balaban J connectivity index is 1.80. The summed E-state index contributed by atoms with van der Waals surface area (Å²) in [6, 6.07) is -0.712. The molecule has 1 amide bonds. The number of thioether (sulfide) groups is 1. The highest BCUT2D eigenvalue weighted by molar-refractivity contribution is 8.13. The summed E-state index contributed by atoms with van der Waals surface area (Å²) in [4.78, 5) is 34.7. The van der Waals surface area contributed by atoms with Crippen molar-refractivity contribution in [3.63, 3.8) is 0 Å². The molecule has 2 aliphatic carbocycles. The van der Waals surface area contributed by atoms with Gasteiger partial charge < -0.3 is 10.1 Å². The van der Waals surface area contributed by atoms with Crippen molar-refractivity contribution in [1.82, 2.24) is 5.32 Å². The van der Waals surface area contributed by atoms with E-state index in [0.717, 1.165) is 37.4 Å². The van der Waals surface area contributed by atoms with Crippen LogP contribution in [0.5, 0.6) is 0 Å². The first kappa shape index (κ1) is 13.4. The van der Waals surface area contributed by atoms with Gasteiger partial charge in [-0.15, -0.1) is 0 Å². The first-order valence-electron chi connectivity index (χ1n) is 6.16. The number of rotatable bonds is 6. The lowest BCUT2D eigenvalue weighted by Gasteiger charge is -2.15. The van der Waals surface area contributed by atoms with E-state index in [2.05, 4.69) is 10.1 Å². The second-order valence-corrected chi connectivity index (χ2v) is 5.79. The second kappa shape index (κ2) is 5.73. The second-order valence-electron chi connectivity index (χ2n) is 4.76. The van der Waals surface area contributed by atoms with Crippen LogP contribution in [0.1, 0.15) is 25.7 Å². The Morgan fingerprint density at radius 2 is 1.83 bits per heavy atom. The van der Waals surface area contributed by atoms with Crippen LogP contribution in [-0.4, -0.2) is 35.9 Å². The largest absolute Gasteiger partial charge is 0.467 e. The Hall–Kier alpha value is -1.04. The molecule has 2 rings (SSSR count). The molecule has 2 fully saturated rings. The molecule has 2 aliphatic rings. The van der Waals surface area contributed by atoms with Crippen LogP contribution in [0.25, 0.3) is 0 Å². The van der Waals surface area contributed by atoms with Crippen molar-refractivity contribution in [3.05, 3.63) is 0 Å². The Kier molecular flexibility index (Phi) is 4.27. The molecule has 0 radical (unpaired) electrons. The Bertz CT molecular complexity index is 363. The Labute approximate surface area is 110 Å². The third-order valence-corrected chi connectivity index (χ3v) is 4.17. The fourth-order valence-electron chi connectivity index (χ4n) is 1.55. The molecule has 100 valence electrons. The number of carbonyl (C=O) groups excluding carboxylic acids is 3. The normalized spacial score (nSPS) is 20.1. The maximum absolute atomic E-state index is 11.6. The van der Waals surface area contributed by atoms with Crippen LogP contribution >= 0.6 is 11.8 Å². The summed E-state index contributed by atoms with van der Waals surface area (Å²) in [5, 5.41) is 2.77. The number of hydrogen-bond acceptors (Lipinski definition) is 5. The van der Waals surface area contributed by atoms with Gasteiger partial charge in [0.05, 0.1) is 7.11 Å². The van der Waals surface area contributed by atoms with Crippen LogP contribution < -0.4 is 5.32 Å². The molecule has 1 atom stereocenters. The maximum atomic E-state index is 11.6. The number of carbonyl (C=O) groups is 3. The lowest BCUT2D eigenvalue weighted by atomic mass is 10.3. The maximum Gasteiger partial charge on any atom is 0.329 e. The van der Waals surface area contributed by atoms with E-state index in [1.807, 2.05) is 0 Å². The summed E-state index contributed by atoms with van der Waals surface area (Å²) in [5.41, 5.74) is 0. The minimum Gasteiger partial charge on any atom is -0.467 e. The van der Waals surface area contributed by atoms with Crippen LogP contribution in [0.4, 0.5) is 0 Å². The van der Waals surface area contributed by atoms with Gasteiger partial charge in [0, 0.05) is 17.6 Å². The van der Waals surface area contributed by atoms with Gasteiger partial charge in [0.2, 0.25) is 5.91 Å². The monoisotopic (exact) mass is 271 g/mol. The van der Waals surface area contributed by atoms with Crippen molar-refractivity contribution >= 4 is 28.8 Å². The van der Waals surface area contributed by atoms with Gasteiger partial charge in [0.25, 0.3) is 0 Å². The van der Waals surface area contributed by atoms with Crippen LogP contribution in [0, 0.1) is 11.8 Å². The summed E-state index contributed by atoms with van der Waals surface area (Å²) >= 11 is 1.12. The summed E-state index contributed by atoms with van der Waals surface area (Å²) < 4.78 is 4.64. The zero-order chi connectivity index (χ0) is 13.1. The average molecular weight is 271 g/mol. The number of esters is 1. The molecule has 0 bridgehead atoms. The molecule has 0 aromatic rings. The van der Waals surface area contributed by atoms with E-state index in [-0.39, 0.29) is 28.6 Å². The smallest absolute Gasteiger partial charge is 0.329 e. The van der Waals surface area contributed by atoms with E-state index in [4.69, 9.17) is 0 Å². The van der Waals surface area contributed by atoms with E-state index < -0.39 is 12.0 Å². The van der Waals surface area contributed by atoms with Gasteiger partial charge in [-0.05, 0) is 25.7 Å². The summed E-state index contributed by atoms with van der Waals surface area (Å²) in [6.45, 7) is 0. The highest BCUT2D eigenvalue weighted by Gasteiger charge is 2.34. The van der Waals surface area contributed by atoms with Crippen molar-refractivity contribution in [2.24, 2.45) is 11.8 Å². The Morgan fingerprint density at radius 1 is 1.22 bits per heavy atom. The van der Waals surface area contributed by atoms with Gasteiger partial charge in [0.15, 0.2) is 5.12 Å². The van der Waals surface area contributed by atoms with Crippen molar-refractivity contribution in [2.45, 2.75) is 31.7 Å². The summed E-state index contributed by atoms with van der Waals surface area (Å²) in [7, 11) is 1.28. The molecular weight excluding hydrogens is 254 g/mol. The Morgan fingerprint density at radius 3 is 2.33 bits per heavy atom. The standard InChI is InChI=1S/C12H17NO4S/c1-17-11(15)9(13-10(14)7-2-3-7)6-18-12(16)8-4-5-8/h7-9H,2-6H2,1H3,(H,13,14). The topological polar surface area (TPSA) is 72.5 Å². The van der Waals surface area contributed by atoms with Gasteiger partial charge in [-0.1, -0.05) is 11.8 Å². The molecule has 2 saturated carbocycles. The van der Waals surface area contributed by atoms with Crippen molar-refractivity contribution in [2.75, 3.05) is 12.9 Å². The van der Waals surface area contributed by atoms with E-state index >= 15 is 0 Å². The fraction of sp³-hybridized carbons (Fsp3) is 0.750. The predicted octanol–water partition coefficient (Wildman–Crippen LogP) is 0.724. The van der Waals surface area contributed by atoms with Crippen LogP contribution in [0.2, 0.25) is 0 Å². The number of ether oxygens (including phenoxy) is 1. The van der Waals surface area contributed by atoms with Crippen molar-refractivity contribution in [3.8, 4) is 0 Å². The number of amides is 1. The minimum atomic E-state index is -0.712. The molecular formula is C12H17NO4S. The third-order valence-electron chi connectivity index (χ3n) is 3.05. The lowest BCUT2D eigenvalue weighted by molar-refractivity contribution is -0.144. The molecule has 0 aromatic carbocycles. The summed E-state index contributed by atoms with van der Waals surface area (Å²) in [6.07, 6.45) is 3.66. The molecule has 0 spiro atoms. The SMILES string of the molecule is COC(=O)C(CSC(=O)C1CC1)NC(=O)C1CC1. The number of nitrogens with one attached hydrogen (secondary N) is 1. The van der Waals surface area contributed by atoms with E-state index in [1.165, 1.54) is 7.11 Å². The molecule has 5 nitrogen and oxygen atoms in total. The van der Waals surface area contributed by atoms with Crippen LogP contribution in [0.3, 0.4) is 0 Å². The highest BCUT2D eigenvalue weighted by atomic mass is 32.2. The van der Waals surface area contributed by atoms with Gasteiger partial charge >= 0.3 is 5.97 Å². The quantitative estimate of drug-likeness (QED) is 0.721. The van der Waals surface area contributed by atoms with E-state index in [0.29, 0.717) is 0 Å². The molecule has 0 heterocycles. The van der Waals surface area contributed by atoms with E-state index in [1.54, 1.807) is 0 Å². The molecule has 0 saturated heterocycles. The molecule has 0 aromatic heterocycles. The molecule has 0 aliphatic heterocycles. The van der Waals surface area contributed by atoms with E-state index in [9.17, 15) is 14.4 Å². The first-order valence-corrected chi connectivity index (χ1v) is 7.15. The lowest BCUT2D eigenvalue weighted by Crippen LogP contribution is -2.44. The molecule has 18 heavy (non-hydrogen) atoms. The van der Waals surface area contributed by atoms with Gasteiger partial charge in [-0.25, -0.2) is 4.79 Å². The first-order chi connectivity index (χ1) is 8.61. The minimum absolute atomic E-state index is 0.0429. The van der Waals surface area contributed by atoms with Gasteiger partial charge in [0.1, 0.15) is 6.04 Å². The van der Waals surface area contributed by atoms with Crippen molar-refractivity contribution in [1.29, 1.82) is 0 Å². The van der Waals surface area contributed by atoms with Gasteiger partial charge in [-0.3, -0.25) is 9.59 Å². The predicted molar refractivity (Wildman–Crippen MR) is 66.9 cm³/mol. The molecule has 6 heteroatoms. The zero-order valence-electron chi connectivity index (χ0n) is 10.3. The zero-order valence-corrected chi connectivity index (χ0v) is 11.1. The highest BCUT2D eigenvalue weighted by Crippen LogP contribution is 2.34. The number of methoxy groups -OCH3 is 1. The van der Waals surface area contributed by atoms with Gasteiger partial charge in [-0.2, -0.15) is 0 Å². The molecule has 1 unspecified atom stereocenters. The molecule has 1 N–H and O–H groups in total. The number of hydrogen-bond donors (Lipinski definition) is 1. The fourth-order valence-corrected chi connectivity index (χ4v) is 2.57. The van der Waals surface area contributed by atoms with Crippen LogP contribution in [-0.2, 0) is 19.1 Å². The third kappa shape index (κ3) is 3.73.